The summed E-state index contributed by atoms with van der Waals surface area (Å²) >= 11 is 6.46. The van der Waals surface area contributed by atoms with E-state index in [2.05, 4.69) is 36.0 Å². The van der Waals surface area contributed by atoms with E-state index < -0.39 is 0 Å². The fourth-order valence-corrected chi connectivity index (χ4v) is 3.73. The first-order valence-corrected chi connectivity index (χ1v) is 9.16. The van der Waals surface area contributed by atoms with Crippen LogP contribution in [0, 0.1) is 0 Å². The first-order chi connectivity index (χ1) is 12.7. The molecular weight excluding hydrogens is 366 g/mol. The minimum absolute atomic E-state index is 0.161. The molecule has 0 fully saturated rings. The smallest absolute Gasteiger partial charge is 0.261 e. The number of rotatable bonds is 3. The molecule has 27 heavy (non-hydrogen) atoms. The molecule has 2 aromatic heterocycles. The topological polar surface area (TPSA) is 83.4 Å². The SMILES string of the molecule is CC(CN1C(=O)c2ccccc2C1=O)c1nc2c(Cl)c(C(C)(C)C)[nH]n2n1. The normalized spacial score (nSPS) is 15.7. The summed E-state index contributed by atoms with van der Waals surface area (Å²) in [7, 11) is 0. The van der Waals surface area contributed by atoms with Crippen LogP contribution in [0.1, 0.15) is 65.8 Å². The Morgan fingerprint density at radius 1 is 1.15 bits per heavy atom. The van der Waals surface area contributed by atoms with E-state index in [9.17, 15) is 9.59 Å². The van der Waals surface area contributed by atoms with Crippen LogP contribution in [-0.4, -0.2) is 43.1 Å². The van der Waals surface area contributed by atoms with E-state index in [0.717, 1.165) is 5.69 Å². The molecule has 0 spiro atoms. The van der Waals surface area contributed by atoms with Crippen LogP contribution in [-0.2, 0) is 5.41 Å². The number of nitrogens with one attached hydrogen (secondary N) is 1. The van der Waals surface area contributed by atoms with Gasteiger partial charge in [-0.15, -0.1) is 5.10 Å². The van der Waals surface area contributed by atoms with Gasteiger partial charge in [0.1, 0.15) is 5.02 Å². The van der Waals surface area contributed by atoms with Crippen molar-refractivity contribution in [2.24, 2.45) is 0 Å². The van der Waals surface area contributed by atoms with Gasteiger partial charge in [0.2, 0.25) is 0 Å². The highest BCUT2D eigenvalue weighted by molar-refractivity contribution is 6.34. The maximum Gasteiger partial charge on any atom is 0.261 e. The lowest BCUT2D eigenvalue weighted by atomic mass is 9.92. The Morgan fingerprint density at radius 2 is 1.74 bits per heavy atom. The fourth-order valence-electron chi connectivity index (χ4n) is 3.28. The lowest BCUT2D eigenvalue weighted by Gasteiger charge is -2.17. The van der Waals surface area contributed by atoms with Gasteiger partial charge >= 0.3 is 0 Å². The molecule has 0 saturated carbocycles. The van der Waals surface area contributed by atoms with Crippen molar-refractivity contribution in [1.82, 2.24) is 24.7 Å². The van der Waals surface area contributed by atoms with Gasteiger partial charge < -0.3 is 0 Å². The van der Waals surface area contributed by atoms with Crippen LogP contribution in [0.3, 0.4) is 0 Å². The van der Waals surface area contributed by atoms with Crippen molar-refractivity contribution in [3.63, 3.8) is 0 Å². The fraction of sp³-hybridized carbons (Fsp3) is 0.368. The Kier molecular flexibility index (Phi) is 3.89. The standard InChI is InChI=1S/C19H20ClN5O2/c1-10(9-24-17(26)11-7-5-6-8-12(11)18(24)27)15-21-16-13(20)14(19(2,3)4)22-25(16)23-15/h5-8,10,22H,9H2,1-4H3. The number of aromatic amines is 1. The van der Waals surface area contributed by atoms with E-state index in [4.69, 9.17) is 11.6 Å². The zero-order chi connectivity index (χ0) is 19.5. The highest BCUT2D eigenvalue weighted by Crippen LogP contribution is 2.32. The van der Waals surface area contributed by atoms with Gasteiger partial charge in [-0.05, 0) is 12.1 Å². The number of halogens is 1. The molecule has 4 rings (SSSR count). The van der Waals surface area contributed by atoms with Gasteiger partial charge in [0.15, 0.2) is 11.5 Å². The van der Waals surface area contributed by atoms with Crippen LogP contribution in [0.5, 0.6) is 0 Å². The Morgan fingerprint density at radius 3 is 2.26 bits per heavy atom. The molecule has 0 saturated heterocycles. The van der Waals surface area contributed by atoms with Crippen molar-refractivity contribution in [2.75, 3.05) is 6.54 Å². The van der Waals surface area contributed by atoms with Crippen LogP contribution in [0.15, 0.2) is 24.3 Å². The van der Waals surface area contributed by atoms with E-state index in [1.165, 1.54) is 4.90 Å². The van der Waals surface area contributed by atoms with Gasteiger partial charge in [-0.3, -0.25) is 19.6 Å². The molecular formula is C19H20ClN5O2. The van der Waals surface area contributed by atoms with Crippen molar-refractivity contribution in [2.45, 2.75) is 39.0 Å². The lowest BCUT2D eigenvalue weighted by Crippen LogP contribution is -2.33. The average Bonchev–Trinajstić information content (AvgIpc) is 3.23. The third-order valence-corrected chi connectivity index (χ3v) is 5.14. The number of amides is 2. The van der Waals surface area contributed by atoms with Gasteiger partial charge in [0.25, 0.3) is 11.8 Å². The zero-order valence-electron chi connectivity index (χ0n) is 15.6. The predicted octanol–water partition coefficient (Wildman–Crippen LogP) is 3.41. The molecule has 1 unspecified atom stereocenters. The number of fused-ring (bicyclic) bond motifs is 2. The molecule has 1 N–H and O–H groups in total. The number of aromatic nitrogens is 4. The molecule has 7 nitrogen and oxygen atoms in total. The maximum atomic E-state index is 12.5. The number of imide groups is 1. The predicted molar refractivity (Wildman–Crippen MR) is 101 cm³/mol. The van der Waals surface area contributed by atoms with E-state index in [1.54, 1.807) is 28.9 Å². The molecule has 2 amide bonds. The highest BCUT2D eigenvalue weighted by atomic mass is 35.5. The maximum absolute atomic E-state index is 12.5. The zero-order valence-corrected chi connectivity index (χ0v) is 16.3. The molecule has 3 aromatic rings. The number of hydrogen-bond donors (Lipinski definition) is 1. The number of benzene rings is 1. The lowest BCUT2D eigenvalue weighted by molar-refractivity contribution is 0.0645. The molecule has 1 atom stereocenters. The molecule has 1 aliphatic rings. The summed E-state index contributed by atoms with van der Waals surface area (Å²) in [6.07, 6.45) is 0. The van der Waals surface area contributed by atoms with Crippen molar-refractivity contribution in [1.29, 1.82) is 0 Å². The molecule has 0 bridgehead atoms. The molecule has 8 heteroatoms. The van der Waals surface area contributed by atoms with Crippen LogP contribution in [0.2, 0.25) is 5.02 Å². The van der Waals surface area contributed by atoms with Crippen molar-refractivity contribution in [3.05, 3.63) is 51.9 Å². The summed E-state index contributed by atoms with van der Waals surface area (Å²) in [6, 6.07) is 6.86. The molecule has 1 aliphatic heterocycles. The van der Waals surface area contributed by atoms with Gasteiger partial charge in [-0.1, -0.05) is 51.4 Å². The quantitative estimate of drug-likeness (QED) is 0.700. The number of carbonyl (C=O) groups excluding carboxylic acids is 2. The van der Waals surface area contributed by atoms with Gasteiger partial charge in [-0.25, -0.2) is 4.98 Å². The molecule has 0 radical (unpaired) electrons. The summed E-state index contributed by atoms with van der Waals surface area (Å²) in [5, 5.41) is 8.17. The second kappa shape index (κ2) is 5.92. The Hall–Kier alpha value is -2.67. The summed E-state index contributed by atoms with van der Waals surface area (Å²) in [5.41, 5.74) is 2.13. The Balaban J connectivity index is 1.60. The summed E-state index contributed by atoms with van der Waals surface area (Å²) in [6.45, 7) is 8.25. The van der Waals surface area contributed by atoms with E-state index in [-0.39, 0.29) is 29.7 Å². The van der Waals surface area contributed by atoms with Crippen LogP contribution in [0.25, 0.3) is 5.65 Å². The Labute approximate surface area is 161 Å². The van der Waals surface area contributed by atoms with E-state index in [0.29, 0.717) is 27.6 Å². The number of carbonyl (C=O) groups is 2. The largest absolute Gasteiger partial charge is 0.278 e. The van der Waals surface area contributed by atoms with Crippen molar-refractivity contribution >= 4 is 29.1 Å². The second-order valence-electron chi connectivity index (χ2n) is 7.92. The number of H-pyrrole nitrogens is 1. The van der Waals surface area contributed by atoms with E-state index in [1.807, 2.05) is 6.92 Å². The van der Waals surface area contributed by atoms with Gasteiger partial charge in [0, 0.05) is 17.9 Å². The number of nitrogens with zero attached hydrogens (tertiary/aromatic N) is 4. The van der Waals surface area contributed by atoms with Crippen molar-refractivity contribution < 1.29 is 9.59 Å². The second-order valence-corrected chi connectivity index (χ2v) is 8.30. The summed E-state index contributed by atoms with van der Waals surface area (Å²) < 4.78 is 1.55. The van der Waals surface area contributed by atoms with Gasteiger partial charge in [0.05, 0.1) is 16.8 Å². The summed E-state index contributed by atoms with van der Waals surface area (Å²) in [5.74, 6) is -0.254. The summed E-state index contributed by atoms with van der Waals surface area (Å²) in [4.78, 5) is 30.9. The van der Waals surface area contributed by atoms with Gasteiger partial charge in [-0.2, -0.15) is 4.63 Å². The van der Waals surface area contributed by atoms with Crippen LogP contribution in [0.4, 0.5) is 0 Å². The first kappa shape index (κ1) is 17.7. The Bertz CT molecular complexity index is 1040. The first-order valence-electron chi connectivity index (χ1n) is 8.78. The minimum atomic E-state index is -0.278. The monoisotopic (exact) mass is 385 g/mol. The molecule has 0 aliphatic carbocycles. The number of hydrogen-bond acceptors (Lipinski definition) is 4. The van der Waals surface area contributed by atoms with E-state index >= 15 is 0 Å². The molecule has 1 aromatic carbocycles. The molecule has 140 valence electrons. The third-order valence-electron chi connectivity index (χ3n) is 4.78. The van der Waals surface area contributed by atoms with Crippen LogP contribution >= 0.6 is 11.6 Å². The average molecular weight is 386 g/mol. The minimum Gasteiger partial charge on any atom is -0.278 e. The van der Waals surface area contributed by atoms with Crippen LogP contribution < -0.4 is 0 Å². The molecule has 3 heterocycles. The third kappa shape index (κ3) is 2.73. The van der Waals surface area contributed by atoms with Crippen molar-refractivity contribution in [3.8, 4) is 0 Å². The highest BCUT2D eigenvalue weighted by Gasteiger charge is 2.36.